The number of ether oxygens (including phenoxy) is 4. The maximum absolute atomic E-state index is 12.7. The Morgan fingerprint density at radius 2 is 2.21 bits per heavy atom. The molecule has 1 unspecified atom stereocenters. The van der Waals surface area contributed by atoms with E-state index in [-0.39, 0.29) is 12.7 Å². The molecule has 1 amide bonds. The van der Waals surface area contributed by atoms with Crippen molar-refractivity contribution in [2.75, 3.05) is 13.4 Å². The molecule has 3 rings (SSSR count). The Bertz CT molecular complexity index is 641. The van der Waals surface area contributed by atoms with Gasteiger partial charge in [-0.1, -0.05) is 6.08 Å². The van der Waals surface area contributed by atoms with Crippen LogP contribution < -0.4 is 19.5 Å². The van der Waals surface area contributed by atoms with Crippen molar-refractivity contribution in [2.45, 2.75) is 45.8 Å². The molecule has 0 spiro atoms. The quantitative estimate of drug-likeness (QED) is 0.809. The van der Waals surface area contributed by atoms with Crippen molar-refractivity contribution < 1.29 is 23.7 Å². The number of hydrogen-bond donors (Lipinski definition) is 1. The second-order valence-corrected chi connectivity index (χ2v) is 5.75. The number of allylic oxidation sites excluding steroid dienone is 2. The second kappa shape index (κ2) is 7.57. The molecule has 1 N–H and O–H groups in total. The van der Waals surface area contributed by atoms with Gasteiger partial charge in [0, 0.05) is 12.3 Å². The summed E-state index contributed by atoms with van der Waals surface area (Å²) in [5, 5.41) is 2.98. The summed E-state index contributed by atoms with van der Waals surface area (Å²) in [5.74, 6) is 1.17. The van der Waals surface area contributed by atoms with Crippen LogP contribution in [0.3, 0.4) is 0 Å². The molecule has 1 aliphatic carbocycles. The molecular formula is C18H23NO5. The maximum Gasteiger partial charge on any atom is 0.259 e. The number of nitrogens with one attached hydrogen (secondary N) is 1. The van der Waals surface area contributed by atoms with Crippen LogP contribution in [0.4, 0.5) is 0 Å². The van der Waals surface area contributed by atoms with E-state index in [1.54, 1.807) is 19.1 Å². The summed E-state index contributed by atoms with van der Waals surface area (Å²) in [6.07, 6.45) is 5.74. The Hall–Kier alpha value is -2.21. The van der Waals surface area contributed by atoms with Gasteiger partial charge in [-0.3, -0.25) is 4.79 Å². The molecule has 1 heterocycles. The van der Waals surface area contributed by atoms with Gasteiger partial charge in [-0.25, -0.2) is 0 Å². The molecule has 1 aromatic carbocycles. The van der Waals surface area contributed by atoms with E-state index >= 15 is 0 Å². The Balaban J connectivity index is 1.85. The first kappa shape index (κ1) is 16.6. The Morgan fingerprint density at radius 3 is 2.96 bits per heavy atom. The Kier molecular flexibility index (Phi) is 5.25. The molecule has 0 aromatic heterocycles. The van der Waals surface area contributed by atoms with Gasteiger partial charge in [-0.2, -0.15) is 0 Å². The smallest absolute Gasteiger partial charge is 0.259 e. The third-order valence-corrected chi connectivity index (χ3v) is 3.99. The summed E-state index contributed by atoms with van der Waals surface area (Å²) in [5.41, 5.74) is 1.38. The van der Waals surface area contributed by atoms with Gasteiger partial charge in [0.05, 0.1) is 5.56 Å². The lowest BCUT2D eigenvalue weighted by molar-refractivity contribution is -0.0626. The van der Waals surface area contributed by atoms with E-state index in [1.807, 2.05) is 6.92 Å². The van der Waals surface area contributed by atoms with Gasteiger partial charge in [0.2, 0.25) is 12.5 Å². The van der Waals surface area contributed by atoms with Crippen molar-refractivity contribution in [2.24, 2.45) is 0 Å². The number of benzene rings is 1. The molecule has 6 heteroatoms. The van der Waals surface area contributed by atoms with E-state index in [2.05, 4.69) is 11.4 Å². The van der Waals surface area contributed by atoms with E-state index in [0.29, 0.717) is 29.4 Å². The molecule has 0 saturated heterocycles. The SMILES string of the molecule is CCOC(C)Oc1c(C(=O)NC2=CCCCC2)ccc2c1OCO2. The minimum Gasteiger partial charge on any atom is -0.460 e. The van der Waals surface area contributed by atoms with Crippen LogP contribution in [0.1, 0.15) is 49.9 Å². The van der Waals surface area contributed by atoms with Crippen molar-refractivity contribution >= 4 is 5.91 Å². The first-order chi connectivity index (χ1) is 11.7. The summed E-state index contributed by atoms with van der Waals surface area (Å²) < 4.78 is 22.1. The highest BCUT2D eigenvalue weighted by atomic mass is 16.7. The van der Waals surface area contributed by atoms with Gasteiger partial charge in [0.25, 0.3) is 5.91 Å². The van der Waals surface area contributed by atoms with Crippen molar-refractivity contribution in [1.29, 1.82) is 0 Å². The first-order valence-corrected chi connectivity index (χ1v) is 8.40. The molecule has 130 valence electrons. The highest BCUT2D eigenvalue weighted by Gasteiger charge is 2.27. The average Bonchev–Trinajstić information content (AvgIpc) is 3.05. The van der Waals surface area contributed by atoms with Crippen LogP contribution >= 0.6 is 0 Å². The van der Waals surface area contributed by atoms with Crippen LogP contribution in [0.15, 0.2) is 23.9 Å². The van der Waals surface area contributed by atoms with Crippen LogP contribution in [0.25, 0.3) is 0 Å². The zero-order valence-electron chi connectivity index (χ0n) is 14.1. The third-order valence-electron chi connectivity index (χ3n) is 3.99. The van der Waals surface area contributed by atoms with Crippen LogP contribution in [0.2, 0.25) is 0 Å². The van der Waals surface area contributed by atoms with E-state index < -0.39 is 6.29 Å². The molecule has 0 saturated carbocycles. The molecule has 2 aliphatic rings. The first-order valence-electron chi connectivity index (χ1n) is 8.40. The van der Waals surface area contributed by atoms with Crippen LogP contribution in [-0.2, 0) is 4.74 Å². The predicted octanol–water partition coefficient (Wildman–Crippen LogP) is 3.36. The van der Waals surface area contributed by atoms with E-state index in [9.17, 15) is 4.79 Å². The molecule has 0 radical (unpaired) electrons. The van der Waals surface area contributed by atoms with Crippen molar-refractivity contribution in [3.8, 4) is 17.2 Å². The molecular weight excluding hydrogens is 310 g/mol. The molecule has 0 fully saturated rings. The molecule has 24 heavy (non-hydrogen) atoms. The summed E-state index contributed by atoms with van der Waals surface area (Å²) in [6.45, 7) is 4.30. The van der Waals surface area contributed by atoms with Gasteiger partial charge in [-0.05, 0) is 51.7 Å². The molecule has 1 aliphatic heterocycles. The summed E-state index contributed by atoms with van der Waals surface area (Å²) in [4.78, 5) is 12.7. The topological polar surface area (TPSA) is 66.0 Å². The molecule has 0 bridgehead atoms. The van der Waals surface area contributed by atoms with Crippen molar-refractivity contribution in [1.82, 2.24) is 5.32 Å². The standard InChI is InChI=1S/C18H23NO5/c1-3-21-12(2)24-16-14(9-10-15-17(16)23-11-22-15)18(20)19-13-7-5-4-6-8-13/h7,9-10,12H,3-6,8,11H2,1-2H3,(H,19,20). The average molecular weight is 333 g/mol. The van der Waals surface area contributed by atoms with E-state index in [4.69, 9.17) is 18.9 Å². The number of rotatable bonds is 6. The monoisotopic (exact) mass is 333 g/mol. The number of hydrogen-bond acceptors (Lipinski definition) is 5. The summed E-state index contributed by atoms with van der Waals surface area (Å²) >= 11 is 0. The Labute approximate surface area is 141 Å². The van der Waals surface area contributed by atoms with Gasteiger partial charge in [-0.15, -0.1) is 0 Å². The van der Waals surface area contributed by atoms with Gasteiger partial charge >= 0.3 is 0 Å². The second-order valence-electron chi connectivity index (χ2n) is 5.75. The van der Waals surface area contributed by atoms with Gasteiger partial charge in [0.15, 0.2) is 17.8 Å². The lowest BCUT2D eigenvalue weighted by Crippen LogP contribution is -2.25. The fourth-order valence-corrected chi connectivity index (χ4v) is 2.84. The third kappa shape index (κ3) is 3.64. The number of carbonyl (C=O) groups excluding carboxylic acids is 1. The fraction of sp³-hybridized carbons (Fsp3) is 0.500. The molecule has 6 nitrogen and oxygen atoms in total. The van der Waals surface area contributed by atoms with E-state index in [0.717, 1.165) is 25.0 Å². The normalized spacial score (nSPS) is 17.2. The van der Waals surface area contributed by atoms with Crippen LogP contribution in [0.5, 0.6) is 17.2 Å². The fourth-order valence-electron chi connectivity index (χ4n) is 2.84. The number of amides is 1. The van der Waals surface area contributed by atoms with Crippen LogP contribution in [0, 0.1) is 0 Å². The van der Waals surface area contributed by atoms with E-state index in [1.165, 1.54) is 6.42 Å². The molecule has 1 atom stereocenters. The maximum atomic E-state index is 12.7. The predicted molar refractivity (Wildman–Crippen MR) is 88.3 cm³/mol. The van der Waals surface area contributed by atoms with Gasteiger partial charge in [0.1, 0.15) is 0 Å². The van der Waals surface area contributed by atoms with Crippen molar-refractivity contribution in [3.63, 3.8) is 0 Å². The number of carbonyl (C=O) groups is 1. The number of fused-ring (bicyclic) bond motifs is 1. The van der Waals surface area contributed by atoms with Gasteiger partial charge < -0.3 is 24.3 Å². The zero-order valence-corrected chi connectivity index (χ0v) is 14.1. The highest BCUT2D eigenvalue weighted by Crippen LogP contribution is 2.43. The Morgan fingerprint density at radius 1 is 1.33 bits per heavy atom. The minimum atomic E-state index is -0.494. The van der Waals surface area contributed by atoms with Crippen LogP contribution in [-0.4, -0.2) is 25.6 Å². The summed E-state index contributed by atoms with van der Waals surface area (Å²) in [6, 6.07) is 3.42. The zero-order chi connectivity index (χ0) is 16.9. The summed E-state index contributed by atoms with van der Waals surface area (Å²) in [7, 11) is 0. The molecule has 1 aromatic rings. The lowest BCUT2D eigenvalue weighted by Gasteiger charge is -2.19. The highest BCUT2D eigenvalue weighted by molar-refractivity contribution is 5.99. The lowest BCUT2D eigenvalue weighted by atomic mass is 10.0. The largest absolute Gasteiger partial charge is 0.460 e. The van der Waals surface area contributed by atoms with Crippen molar-refractivity contribution in [3.05, 3.63) is 29.5 Å². The minimum absolute atomic E-state index is 0.116.